The maximum Gasteiger partial charge on any atom is 0.410 e. The van der Waals surface area contributed by atoms with Crippen LogP contribution in [-0.2, 0) is 52.7 Å². The molecule has 6 aromatic carbocycles. The number of aryl methyl sites for hydroxylation is 2. The molecular formula is C78H93N9O11Si. The molecule has 0 spiro atoms. The van der Waals surface area contributed by atoms with Crippen LogP contribution in [0.2, 0.25) is 19.1 Å². The van der Waals surface area contributed by atoms with Crippen molar-refractivity contribution in [1.82, 2.24) is 41.3 Å². The summed E-state index contributed by atoms with van der Waals surface area (Å²) in [6, 6.07) is 39.5. The molecule has 21 heteroatoms. The lowest BCUT2D eigenvalue weighted by molar-refractivity contribution is -0.144. The SMILES string of the molecule is C[C@@H](C(=O)N[C@H](C(=O)N1C[C@@H](NC(=O)c2ccc(NC(=O)c3ccc(C[C@H](NC(=O)OCC4c5ccccc5-c5ccccc54)C(=O)N4C[Si](C)(C)C[C@H]4C(=O)N[C@@H]4CCCc5ccccc54)cc3)cc2)C[C@H]1C(=O)N[C@@H]1CCCc2ccccc21)C(C)(C)C)N(C)C(=O)OC(C)(C)C. The molecule has 6 N–H and O–H groups in total. The normalized spacial score (nSPS) is 20.0. The summed E-state index contributed by atoms with van der Waals surface area (Å²) in [7, 11) is -0.686. The van der Waals surface area contributed by atoms with Crippen molar-refractivity contribution >= 4 is 67.3 Å². The second kappa shape index (κ2) is 29.4. The van der Waals surface area contributed by atoms with Crippen LogP contribution in [0, 0.1) is 5.41 Å². The predicted molar refractivity (Wildman–Crippen MR) is 381 cm³/mol. The van der Waals surface area contributed by atoms with Crippen molar-refractivity contribution < 1.29 is 52.6 Å². The highest BCUT2D eigenvalue weighted by molar-refractivity contribution is 6.79. The van der Waals surface area contributed by atoms with Crippen LogP contribution in [0.4, 0.5) is 15.3 Å². The van der Waals surface area contributed by atoms with Gasteiger partial charge in [-0.15, -0.1) is 0 Å². The van der Waals surface area contributed by atoms with Crippen molar-refractivity contribution in [3.63, 3.8) is 0 Å². The van der Waals surface area contributed by atoms with Gasteiger partial charge in [-0.2, -0.15) is 0 Å². The molecule has 0 unspecified atom stereocenters. The number of fused-ring (bicyclic) bond motifs is 5. The number of likely N-dealkylation sites (N-methyl/N-ethyl adjacent to an activating group) is 1. The molecule has 2 heterocycles. The van der Waals surface area contributed by atoms with E-state index in [1.807, 2.05) is 66.7 Å². The van der Waals surface area contributed by atoms with E-state index in [1.165, 1.54) is 24.4 Å². The monoisotopic (exact) mass is 1360 g/mol. The topological polar surface area (TPSA) is 254 Å². The number of anilines is 1. The molecule has 11 rings (SSSR count). The van der Waals surface area contributed by atoms with Crippen LogP contribution in [0.3, 0.4) is 0 Å². The van der Waals surface area contributed by atoms with Crippen molar-refractivity contribution in [2.75, 3.05) is 31.7 Å². The summed E-state index contributed by atoms with van der Waals surface area (Å²) in [6.07, 6.45) is 4.13. The van der Waals surface area contributed by atoms with Gasteiger partial charge in [0.2, 0.25) is 29.5 Å². The molecule has 0 radical (unpaired) electrons. The number of likely N-dealkylation sites (tertiary alicyclic amines) is 1. The lowest BCUT2D eigenvalue weighted by Crippen LogP contribution is -2.60. The van der Waals surface area contributed by atoms with E-state index in [0.717, 1.165) is 75.9 Å². The number of amides is 9. The van der Waals surface area contributed by atoms with Crippen LogP contribution in [0.1, 0.15) is 158 Å². The number of benzene rings is 6. The molecule has 9 amide bonds. The van der Waals surface area contributed by atoms with Gasteiger partial charge in [0, 0.05) is 55.0 Å². The van der Waals surface area contributed by atoms with Gasteiger partial charge in [-0.05, 0) is 171 Å². The van der Waals surface area contributed by atoms with Crippen LogP contribution in [0.5, 0.6) is 0 Å². The number of hydrogen-bond acceptors (Lipinski definition) is 11. The third-order valence-electron chi connectivity index (χ3n) is 19.9. The number of carbonyl (C=O) groups excluding carboxylic acids is 9. The Morgan fingerprint density at radius 3 is 1.70 bits per heavy atom. The first kappa shape index (κ1) is 70.7. The van der Waals surface area contributed by atoms with Gasteiger partial charge >= 0.3 is 12.2 Å². The van der Waals surface area contributed by atoms with Crippen molar-refractivity contribution in [2.45, 2.75) is 179 Å². The van der Waals surface area contributed by atoms with E-state index >= 15 is 9.59 Å². The Morgan fingerprint density at radius 2 is 1.13 bits per heavy atom. The number of alkyl carbamates (subject to hydrolysis) is 1. The second-order valence-electron chi connectivity index (χ2n) is 30.1. The van der Waals surface area contributed by atoms with Crippen LogP contribution < -0.4 is 31.9 Å². The number of carbonyl (C=O) groups is 9. The molecule has 5 aliphatic rings. The molecule has 20 nitrogen and oxygen atoms in total. The van der Waals surface area contributed by atoms with Gasteiger partial charge in [-0.25, -0.2) is 9.59 Å². The highest BCUT2D eigenvalue weighted by atomic mass is 28.3. The molecule has 99 heavy (non-hydrogen) atoms. The van der Waals surface area contributed by atoms with Gasteiger partial charge in [0.15, 0.2) is 0 Å². The fourth-order valence-corrected chi connectivity index (χ4v) is 17.5. The molecule has 0 saturated carbocycles. The smallest absolute Gasteiger partial charge is 0.410 e. The fourth-order valence-electron chi connectivity index (χ4n) is 14.6. The number of nitrogens with zero attached hydrogens (tertiary/aromatic N) is 3. The molecule has 3 aliphatic carbocycles. The number of ether oxygens (including phenoxy) is 2. The summed E-state index contributed by atoms with van der Waals surface area (Å²) in [5.41, 5.74) is 8.59. The second-order valence-corrected chi connectivity index (χ2v) is 35.1. The molecule has 0 aromatic heterocycles. The van der Waals surface area contributed by atoms with E-state index < -0.39 is 103 Å². The van der Waals surface area contributed by atoms with Crippen LogP contribution in [0.15, 0.2) is 146 Å². The Balaban J connectivity index is 0.759. The molecule has 520 valence electrons. The Kier molecular flexibility index (Phi) is 21.0. The first-order chi connectivity index (χ1) is 47.1. The quantitative estimate of drug-likeness (QED) is 0.0441. The minimum absolute atomic E-state index is 0.0293. The van der Waals surface area contributed by atoms with E-state index in [0.29, 0.717) is 35.4 Å². The Hall–Kier alpha value is -9.63. The molecule has 2 aliphatic heterocycles. The summed E-state index contributed by atoms with van der Waals surface area (Å²) in [4.78, 5) is 133. The van der Waals surface area contributed by atoms with Crippen molar-refractivity contribution in [2.24, 2.45) is 5.41 Å². The van der Waals surface area contributed by atoms with Gasteiger partial charge in [-0.1, -0.05) is 143 Å². The van der Waals surface area contributed by atoms with Gasteiger partial charge < -0.3 is 51.2 Å². The van der Waals surface area contributed by atoms with Crippen LogP contribution in [-0.4, -0.2) is 145 Å². The summed E-state index contributed by atoms with van der Waals surface area (Å²) < 4.78 is 11.5. The number of hydrogen-bond donors (Lipinski definition) is 6. The number of nitrogens with one attached hydrogen (secondary N) is 6. The highest BCUT2D eigenvalue weighted by Gasteiger charge is 2.49. The average molecular weight is 1360 g/mol. The molecule has 6 aromatic rings. The van der Waals surface area contributed by atoms with Crippen LogP contribution in [0.25, 0.3) is 11.1 Å². The zero-order chi connectivity index (χ0) is 70.7. The molecule has 0 bridgehead atoms. The summed E-state index contributed by atoms with van der Waals surface area (Å²) in [6.45, 7) is 16.4. The van der Waals surface area contributed by atoms with E-state index in [1.54, 1.807) is 95.0 Å². The van der Waals surface area contributed by atoms with Crippen molar-refractivity contribution in [1.29, 1.82) is 0 Å². The van der Waals surface area contributed by atoms with E-state index in [2.05, 4.69) is 75.3 Å². The standard InChI is InChI=1S/C78H93N9O11Si/c1-47(85(8)76(96)98-78(5,6)7)68(88)84-67(77(2,3)4)74(94)86-43-54(42-65(86)71(91)81-62-31-19-23-49-21-11-13-25-55(49)62)80-70(90)52-37-39-53(40-38-52)79-69(89)51-35-33-48(34-36-51)41-64(83-75(95)97-44-61-59-29-17-15-27-57(59)58-28-16-18-30-60(58)61)73(93)87-46-99(9,10)45-66(87)72(92)82-63-32-20-24-50-22-12-14-26-56(50)63/h11-18,21-22,25-30,33-40,47,54,61-67H,19-20,23-24,31-32,41-46H2,1-10H3,(H,79,89)(H,80,90)(H,81,91)(H,82,92)(H,83,95)(H,84,88)/t47-,54-,62+,63+,64-,65-,66-,67+/m0/s1. The number of rotatable bonds is 18. The van der Waals surface area contributed by atoms with Gasteiger partial charge in [0.1, 0.15) is 42.4 Å². The Bertz CT molecular complexity index is 4010. The lowest BCUT2D eigenvalue weighted by atomic mass is 9.85. The predicted octanol–water partition coefficient (Wildman–Crippen LogP) is 10.7. The zero-order valence-electron chi connectivity index (χ0n) is 58.4. The van der Waals surface area contributed by atoms with E-state index in [-0.39, 0.29) is 55.5 Å². The lowest BCUT2D eigenvalue weighted by Gasteiger charge is -2.37. The van der Waals surface area contributed by atoms with Crippen molar-refractivity contribution in [3.05, 3.63) is 196 Å². The first-order valence-electron chi connectivity index (χ1n) is 34.7. The minimum atomic E-state index is -2.13. The Morgan fingerprint density at radius 1 is 0.606 bits per heavy atom. The zero-order valence-corrected chi connectivity index (χ0v) is 59.4. The third-order valence-corrected chi connectivity index (χ3v) is 22.6. The molecular weight excluding hydrogens is 1270 g/mol. The molecule has 8 atom stereocenters. The summed E-state index contributed by atoms with van der Waals surface area (Å²) >= 11 is 0. The highest BCUT2D eigenvalue weighted by Crippen LogP contribution is 2.45. The Labute approximate surface area is 581 Å². The average Bonchev–Trinajstić information content (AvgIpc) is 1.62. The summed E-state index contributed by atoms with van der Waals surface area (Å²) in [5.74, 6) is -3.28. The van der Waals surface area contributed by atoms with Gasteiger partial charge in [0.25, 0.3) is 11.8 Å². The maximum absolute atomic E-state index is 15.2. The largest absolute Gasteiger partial charge is 0.449 e. The van der Waals surface area contributed by atoms with E-state index in [9.17, 15) is 33.6 Å². The fraction of sp³-hybridized carbons (Fsp3) is 0.423. The van der Waals surface area contributed by atoms with Gasteiger partial charge in [0.05, 0.1) is 20.2 Å². The molecule has 2 saturated heterocycles. The maximum atomic E-state index is 15.2. The minimum Gasteiger partial charge on any atom is -0.449 e. The third kappa shape index (κ3) is 16.4. The van der Waals surface area contributed by atoms with E-state index in [4.69, 9.17) is 9.47 Å². The summed E-state index contributed by atoms with van der Waals surface area (Å²) in [5, 5.41) is 18.3. The first-order valence-corrected chi connectivity index (χ1v) is 38.1. The van der Waals surface area contributed by atoms with Crippen LogP contribution >= 0.6 is 0 Å². The van der Waals surface area contributed by atoms with Gasteiger partial charge in [-0.3, -0.25) is 38.5 Å². The molecule has 2 fully saturated rings. The van der Waals surface area contributed by atoms with Crippen molar-refractivity contribution in [3.8, 4) is 11.1 Å².